The molecule has 5 nitrogen and oxygen atoms in total. The lowest BCUT2D eigenvalue weighted by atomic mass is 10.1. The number of para-hydroxylation sites is 1. The smallest absolute Gasteiger partial charge is 0.259 e. The number of fused-ring (bicyclic) bond motifs is 3. The Bertz CT molecular complexity index is 1080. The summed E-state index contributed by atoms with van der Waals surface area (Å²) in [6.45, 7) is 3.93. The molecule has 2 heterocycles. The van der Waals surface area contributed by atoms with Crippen LogP contribution in [0.5, 0.6) is 0 Å². The monoisotopic (exact) mass is 445 g/mol. The predicted octanol–water partition coefficient (Wildman–Crippen LogP) is 5.22. The zero-order valence-corrected chi connectivity index (χ0v) is 18.1. The van der Waals surface area contributed by atoms with Gasteiger partial charge >= 0.3 is 0 Å². The summed E-state index contributed by atoms with van der Waals surface area (Å²) in [7, 11) is 0. The molecule has 29 heavy (non-hydrogen) atoms. The Hall–Kier alpha value is -2.15. The number of amidine groups is 2. The van der Waals surface area contributed by atoms with Crippen molar-refractivity contribution in [3.63, 3.8) is 0 Å². The van der Waals surface area contributed by atoms with E-state index in [-0.39, 0.29) is 23.4 Å². The largest absolute Gasteiger partial charge is 0.293 e. The van der Waals surface area contributed by atoms with Crippen LogP contribution in [0, 0.1) is 5.92 Å². The molecule has 0 unspecified atom stereocenters. The van der Waals surface area contributed by atoms with Crippen LogP contribution in [0.4, 0.5) is 5.69 Å². The lowest BCUT2D eigenvalue weighted by Gasteiger charge is -2.25. The first kappa shape index (κ1) is 20.1. The van der Waals surface area contributed by atoms with Crippen molar-refractivity contribution in [2.75, 3.05) is 5.75 Å². The minimum atomic E-state index is -0.451. The van der Waals surface area contributed by atoms with Gasteiger partial charge in [0.2, 0.25) is 0 Å². The third-order valence-corrected chi connectivity index (χ3v) is 6.38. The highest BCUT2D eigenvalue weighted by molar-refractivity contribution is 8.14. The third kappa shape index (κ3) is 3.72. The van der Waals surface area contributed by atoms with Crippen LogP contribution >= 0.6 is 35.0 Å². The number of Topliss-reactive ketones (excluding diaryl/α,β-unsaturated/α-hetero) is 1. The van der Waals surface area contributed by atoms with Crippen LogP contribution in [0.3, 0.4) is 0 Å². The highest BCUT2D eigenvalue weighted by Gasteiger charge is 2.42. The SMILES string of the molecule is CC(C)[C@@H]1N=C2c3ccccc3N=C(SCC(=O)c3ccc(Cl)c(Cl)c3)N2C1=O. The molecule has 2 aliphatic heterocycles. The molecule has 4 rings (SSSR count). The zero-order chi connectivity index (χ0) is 20.7. The topological polar surface area (TPSA) is 62.1 Å². The molecule has 1 amide bonds. The molecule has 0 saturated heterocycles. The van der Waals surface area contributed by atoms with Gasteiger partial charge in [0.25, 0.3) is 5.91 Å². The summed E-state index contributed by atoms with van der Waals surface area (Å²) in [5, 5.41) is 1.19. The van der Waals surface area contributed by atoms with Crippen LogP contribution in [0.1, 0.15) is 29.8 Å². The van der Waals surface area contributed by atoms with Gasteiger partial charge in [0, 0.05) is 11.1 Å². The number of amides is 1. The number of carbonyl (C=O) groups is 2. The maximum atomic E-state index is 13.0. The van der Waals surface area contributed by atoms with Crippen molar-refractivity contribution in [1.29, 1.82) is 0 Å². The number of ketones is 1. The van der Waals surface area contributed by atoms with Crippen molar-refractivity contribution in [2.45, 2.75) is 19.9 Å². The number of halogens is 2. The van der Waals surface area contributed by atoms with Gasteiger partial charge < -0.3 is 0 Å². The number of thioether (sulfide) groups is 1. The summed E-state index contributed by atoms with van der Waals surface area (Å²) < 4.78 is 0. The van der Waals surface area contributed by atoms with Gasteiger partial charge in [-0.25, -0.2) is 9.89 Å². The van der Waals surface area contributed by atoms with Crippen LogP contribution in [0.25, 0.3) is 0 Å². The molecule has 0 fully saturated rings. The minimum absolute atomic E-state index is 0.0665. The fraction of sp³-hybridized carbons (Fsp3) is 0.238. The molecule has 0 saturated carbocycles. The Balaban J connectivity index is 1.62. The average molecular weight is 446 g/mol. The van der Waals surface area contributed by atoms with Crippen molar-refractivity contribution >= 4 is 63.3 Å². The fourth-order valence-electron chi connectivity index (χ4n) is 3.18. The first-order valence-electron chi connectivity index (χ1n) is 9.07. The fourth-order valence-corrected chi connectivity index (χ4v) is 4.38. The summed E-state index contributed by atoms with van der Waals surface area (Å²) in [5.74, 6) is 0.543. The van der Waals surface area contributed by atoms with Gasteiger partial charge in [-0.15, -0.1) is 0 Å². The van der Waals surface area contributed by atoms with E-state index in [2.05, 4.69) is 9.98 Å². The average Bonchev–Trinajstić information content (AvgIpc) is 3.06. The Morgan fingerprint density at radius 1 is 1.17 bits per heavy atom. The van der Waals surface area contributed by atoms with Crippen molar-refractivity contribution in [3.05, 3.63) is 63.6 Å². The van der Waals surface area contributed by atoms with Gasteiger partial charge in [-0.3, -0.25) is 14.6 Å². The molecule has 0 radical (unpaired) electrons. The molecule has 2 aromatic carbocycles. The van der Waals surface area contributed by atoms with Crippen molar-refractivity contribution in [1.82, 2.24) is 4.90 Å². The summed E-state index contributed by atoms with van der Waals surface area (Å²) in [5.41, 5.74) is 2.03. The molecular formula is C21H17Cl2N3O2S. The quantitative estimate of drug-likeness (QED) is 0.605. The summed E-state index contributed by atoms with van der Waals surface area (Å²) in [4.78, 5) is 36.5. The number of rotatable bonds is 4. The van der Waals surface area contributed by atoms with Gasteiger partial charge in [-0.1, -0.05) is 60.9 Å². The van der Waals surface area contributed by atoms with Crippen LogP contribution in [-0.4, -0.2) is 39.4 Å². The lowest BCUT2D eigenvalue weighted by Crippen LogP contribution is -2.42. The van der Waals surface area contributed by atoms with Gasteiger partial charge in [0.05, 0.1) is 21.5 Å². The van der Waals surface area contributed by atoms with E-state index < -0.39 is 6.04 Å². The van der Waals surface area contributed by atoms with E-state index in [9.17, 15) is 9.59 Å². The molecule has 0 N–H and O–H groups in total. The van der Waals surface area contributed by atoms with Crippen molar-refractivity contribution in [2.24, 2.45) is 15.9 Å². The van der Waals surface area contributed by atoms with E-state index in [1.807, 2.05) is 38.1 Å². The van der Waals surface area contributed by atoms with E-state index in [0.29, 0.717) is 26.6 Å². The molecule has 2 aliphatic rings. The van der Waals surface area contributed by atoms with Crippen molar-refractivity contribution in [3.8, 4) is 0 Å². The second-order valence-corrected chi connectivity index (χ2v) is 8.82. The first-order valence-corrected chi connectivity index (χ1v) is 10.8. The number of carbonyl (C=O) groups excluding carboxylic acids is 2. The van der Waals surface area contributed by atoms with E-state index in [1.54, 1.807) is 23.1 Å². The van der Waals surface area contributed by atoms with Crippen LogP contribution in [0.2, 0.25) is 10.0 Å². The maximum absolute atomic E-state index is 13.0. The third-order valence-electron chi connectivity index (χ3n) is 4.70. The number of nitrogens with zero attached hydrogens (tertiary/aromatic N) is 3. The normalized spacial score (nSPS) is 17.8. The van der Waals surface area contributed by atoms with E-state index in [1.165, 1.54) is 11.8 Å². The van der Waals surface area contributed by atoms with Crippen LogP contribution in [-0.2, 0) is 4.79 Å². The molecule has 2 aromatic rings. The molecule has 1 atom stereocenters. The van der Waals surface area contributed by atoms with Crippen molar-refractivity contribution < 1.29 is 9.59 Å². The molecular weight excluding hydrogens is 429 g/mol. The second-order valence-electron chi connectivity index (χ2n) is 7.07. The first-order chi connectivity index (χ1) is 13.9. The highest BCUT2D eigenvalue weighted by Crippen LogP contribution is 2.35. The highest BCUT2D eigenvalue weighted by atomic mass is 35.5. The Morgan fingerprint density at radius 3 is 2.66 bits per heavy atom. The molecule has 0 bridgehead atoms. The maximum Gasteiger partial charge on any atom is 0.259 e. The van der Waals surface area contributed by atoms with E-state index in [4.69, 9.17) is 23.2 Å². The Labute approximate surface area is 182 Å². The number of hydrogen-bond donors (Lipinski definition) is 0. The summed E-state index contributed by atoms with van der Waals surface area (Å²) in [6.07, 6.45) is 0. The lowest BCUT2D eigenvalue weighted by molar-refractivity contribution is -0.125. The zero-order valence-electron chi connectivity index (χ0n) is 15.7. The summed E-state index contributed by atoms with van der Waals surface area (Å²) in [6, 6.07) is 11.9. The molecule has 148 valence electrons. The van der Waals surface area contributed by atoms with E-state index in [0.717, 1.165) is 11.3 Å². The molecule has 0 aromatic heterocycles. The minimum Gasteiger partial charge on any atom is -0.293 e. The predicted molar refractivity (Wildman–Crippen MR) is 119 cm³/mol. The Kier molecular flexibility index (Phi) is 5.51. The molecule has 8 heteroatoms. The standard InChI is InChI=1S/C21H17Cl2N3O2S/c1-11(2)18-20(28)26-19(25-18)13-5-3-4-6-16(13)24-21(26)29-10-17(27)12-7-8-14(22)15(23)9-12/h3-9,11,18H,10H2,1-2H3/t18-/m0/s1. The van der Waals surface area contributed by atoms with Crippen LogP contribution in [0.15, 0.2) is 52.4 Å². The van der Waals surface area contributed by atoms with E-state index >= 15 is 0 Å². The van der Waals surface area contributed by atoms with Gasteiger partial charge in [-0.2, -0.15) is 0 Å². The number of benzene rings is 2. The van der Waals surface area contributed by atoms with Gasteiger partial charge in [0.1, 0.15) is 11.9 Å². The Morgan fingerprint density at radius 2 is 1.93 bits per heavy atom. The van der Waals surface area contributed by atoms with Gasteiger partial charge in [0.15, 0.2) is 11.0 Å². The number of aliphatic imine (C=N–C) groups is 2. The molecule has 0 spiro atoms. The second kappa shape index (κ2) is 7.94. The molecule has 0 aliphatic carbocycles. The van der Waals surface area contributed by atoms with Crippen LogP contribution < -0.4 is 0 Å². The summed E-state index contributed by atoms with van der Waals surface area (Å²) >= 11 is 13.2. The van der Waals surface area contributed by atoms with Gasteiger partial charge in [-0.05, 0) is 36.2 Å². The number of hydrogen-bond acceptors (Lipinski definition) is 5.